The minimum absolute atomic E-state index is 0.0377. The van der Waals surface area contributed by atoms with Crippen molar-refractivity contribution in [2.24, 2.45) is 0 Å². The van der Waals surface area contributed by atoms with Gasteiger partial charge in [0.2, 0.25) is 5.91 Å². The summed E-state index contributed by atoms with van der Waals surface area (Å²) in [4.78, 5) is 13.9. The number of amides is 1. The fourth-order valence-corrected chi connectivity index (χ4v) is 3.05. The Balaban J connectivity index is 1.72. The number of hydrogen-bond acceptors (Lipinski definition) is 4. The lowest BCUT2D eigenvalue weighted by Crippen LogP contribution is -2.44. The Hall–Kier alpha value is -1.65. The van der Waals surface area contributed by atoms with Crippen LogP contribution in [-0.2, 0) is 11.3 Å². The van der Waals surface area contributed by atoms with Crippen LogP contribution in [0, 0.1) is 23.0 Å². The summed E-state index contributed by atoms with van der Waals surface area (Å²) in [5.41, 5.74) is 0.749. The third-order valence-corrected chi connectivity index (χ3v) is 4.54. The molecule has 124 valence electrons. The van der Waals surface area contributed by atoms with E-state index < -0.39 is 11.6 Å². The van der Waals surface area contributed by atoms with Crippen molar-refractivity contribution < 1.29 is 13.6 Å². The Morgan fingerprint density at radius 1 is 1.35 bits per heavy atom. The molecule has 1 aromatic rings. The van der Waals surface area contributed by atoms with Crippen LogP contribution in [0.2, 0.25) is 0 Å². The second-order valence-electron chi connectivity index (χ2n) is 5.52. The van der Waals surface area contributed by atoms with E-state index in [4.69, 9.17) is 5.26 Å². The van der Waals surface area contributed by atoms with Gasteiger partial charge in [0.1, 0.15) is 0 Å². The molecule has 1 fully saturated rings. The summed E-state index contributed by atoms with van der Waals surface area (Å²) in [6, 6.07) is 6.11. The Labute approximate surface area is 138 Å². The summed E-state index contributed by atoms with van der Waals surface area (Å²) in [5.74, 6) is -1.06. The molecular weight excluding hydrogens is 320 g/mol. The van der Waals surface area contributed by atoms with Crippen molar-refractivity contribution in [1.29, 1.82) is 5.26 Å². The summed E-state index contributed by atoms with van der Waals surface area (Å²) < 4.78 is 26.1. The number of likely N-dealkylation sites (tertiary alicyclic amines) is 1. The summed E-state index contributed by atoms with van der Waals surface area (Å²) in [7, 11) is 0. The van der Waals surface area contributed by atoms with E-state index in [-0.39, 0.29) is 11.9 Å². The molecule has 7 heteroatoms. The van der Waals surface area contributed by atoms with E-state index in [0.717, 1.165) is 37.6 Å². The lowest BCUT2D eigenvalue weighted by atomic mass is 10.0. The van der Waals surface area contributed by atoms with Crippen molar-refractivity contribution in [2.75, 3.05) is 24.6 Å². The first-order valence-electron chi connectivity index (χ1n) is 7.49. The van der Waals surface area contributed by atoms with E-state index in [1.165, 1.54) is 17.8 Å². The number of carbonyl (C=O) groups is 1. The van der Waals surface area contributed by atoms with Gasteiger partial charge in [-0.25, -0.2) is 8.78 Å². The van der Waals surface area contributed by atoms with Gasteiger partial charge in [0, 0.05) is 25.7 Å². The average molecular weight is 339 g/mol. The number of piperidine rings is 1. The van der Waals surface area contributed by atoms with Crippen molar-refractivity contribution in [3.63, 3.8) is 0 Å². The molecule has 1 amide bonds. The number of nitrogens with zero attached hydrogens (tertiary/aromatic N) is 2. The maximum atomic E-state index is 13.2. The molecular formula is C16H19F2N3OS. The monoisotopic (exact) mass is 339 g/mol. The molecule has 23 heavy (non-hydrogen) atoms. The number of halogens is 2. The first-order valence-corrected chi connectivity index (χ1v) is 8.64. The Morgan fingerprint density at radius 2 is 2.09 bits per heavy atom. The molecule has 0 atom stereocenters. The third-order valence-electron chi connectivity index (χ3n) is 3.74. The summed E-state index contributed by atoms with van der Waals surface area (Å²) in [6.07, 6.45) is 1.66. The van der Waals surface area contributed by atoms with Gasteiger partial charge in [0.05, 0.1) is 17.6 Å². The predicted molar refractivity (Wildman–Crippen MR) is 85.7 cm³/mol. The first kappa shape index (κ1) is 17.7. The normalized spacial score (nSPS) is 16.0. The van der Waals surface area contributed by atoms with Gasteiger partial charge < -0.3 is 5.32 Å². The molecule has 1 aliphatic heterocycles. The van der Waals surface area contributed by atoms with Crippen LogP contribution in [0.3, 0.4) is 0 Å². The van der Waals surface area contributed by atoms with Gasteiger partial charge in [-0.05, 0) is 30.5 Å². The second kappa shape index (κ2) is 8.85. The van der Waals surface area contributed by atoms with Crippen LogP contribution >= 0.6 is 11.8 Å². The molecule has 0 radical (unpaired) electrons. The highest BCUT2D eigenvalue weighted by Crippen LogP contribution is 2.16. The standard InChI is InChI=1S/C16H19F2N3OS/c17-14-2-1-12(9-15(14)18)10-21-6-3-13(4-7-21)20-16(22)11-23-8-5-19/h1-2,9,13H,3-4,6-8,10-11H2,(H,20,22). The number of hydrogen-bond donors (Lipinski definition) is 1. The fourth-order valence-electron chi connectivity index (χ4n) is 2.59. The van der Waals surface area contributed by atoms with E-state index in [1.807, 2.05) is 6.07 Å². The SMILES string of the molecule is N#CCSCC(=O)NC1CCN(Cc2ccc(F)c(F)c2)CC1. The van der Waals surface area contributed by atoms with Crippen LogP contribution in [0.4, 0.5) is 8.78 Å². The predicted octanol–water partition coefficient (Wildman–Crippen LogP) is 2.30. The van der Waals surface area contributed by atoms with Gasteiger partial charge in [-0.3, -0.25) is 9.69 Å². The summed E-state index contributed by atoms with van der Waals surface area (Å²) >= 11 is 1.31. The van der Waals surface area contributed by atoms with Gasteiger partial charge in [0.15, 0.2) is 11.6 Å². The minimum Gasteiger partial charge on any atom is -0.353 e. The Kier molecular flexibility index (Phi) is 6.81. The fraction of sp³-hybridized carbons (Fsp3) is 0.500. The zero-order valence-electron chi connectivity index (χ0n) is 12.7. The largest absolute Gasteiger partial charge is 0.353 e. The topological polar surface area (TPSA) is 56.1 Å². The van der Waals surface area contributed by atoms with Gasteiger partial charge in [-0.15, -0.1) is 11.8 Å². The summed E-state index contributed by atoms with van der Waals surface area (Å²) in [5, 5.41) is 11.4. The molecule has 0 aliphatic carbocycles. The van der Waals surface area contributed by atoms with Crippen molar-refractivity contribution in [2.45, 2.75) is 25.4 Å². The zero-order valence-corrected chi connectivity index (χ0v) is 13.5. The average Bonchev–Trinajstić information content (AvgIpc) is 2.53. The minimum atomic E-state index is -0.829. The second-order valence-corrected chi connectivity index (χ2v) is 6.50. The molecule has 1 N–H and O–H groups in total. The van der Waals surface area contributed by atoms with E-state index >= 15 is 0 Å². The van der Waals surface area contributed by atoms with E-state index in [1.54, 1.807) is 6.07 Å². The molecule has 1 aliphatic rings. The molecule has 0 bridgehead atoms. The van der Waals surface area contributed by atoms with E-state index in [2.05, 4.69) is 10.2 Å². The van der Waals surface area contributed by atoms with Crippen LogP contribution in [0.25, 0.3) is 0 Å². The van der Waals surface area contributed by atoms with Crippen molar-refractivity contribution in [3.05, 3.63) is 35.4 Å². The molecule has 0 unspecified atom stereocenters. The molecule has 0 spiro atoms. The molecule has 1 heterocycles. The molecule has 1 saturated heterocycles. The number of carbonyl (C=O) groups excluding carboxylic acids is 1. The van der Waals surface area contributed by atoms with Gasteiger partial charge in [0.25, 0.3) is 0 Å². The van der Waals surface area contributed by atoms with Gasteiger partial charge in [-0.2, -0.15) is 5.26 Å². The molecule has 4 nitrogen and oxygen atoms in total. The van der Waals surface area contributed by atoms with Crippen molar-refractivity contribution in [1.82, 2.24) is 10.2 Å². The summed E-state index contributed by atoms with van der Waals surface area (Å²) in [6.45, 7) is 2.18. The molecule has 1 aromatic carbocycles. The van der Waals surface area contributed by atoms with Gasteiger partial charge in [-0.1, -0.05) is 6.07 Å². The van der Waals surface area contributed by atoms with Crippen LogP contribution in [-0.4, -0.2) is 41.4 Å². The molecule has 0 aromatic heterocycles. The van der Waals surface area contributed by atoms with Crippen LogP contribution in [0.1, 0.15) is 18.4 Å². The number of benzene rings is 1. The van der Waals surface area contributed by atoms with E-state index in [0.29, 0.717) is 18.1 Å². The molecule has 2 rings (SSSR count). The third kappa shape index (κ3) is 5.81. The van der Waals surface area contributed by atoms with Gasteiger partial charge >= 0.3 is 0 Å². The van der Waals surface area contributed by atoms with E-state index in [9.17, 15) is 13.6 Å². The van der Waals surface area contributed by atoms with Crippen molar-refractivity contribution in [3.8, 4) is 6.07 Å². The molecule has 0 saturated carbocycles. The number of thioether (sulfide) groups is 1. The first-order chi connectivity index (χ1) is 11.1. The van der Waals surface area contributed by atoms with Crippen LogP contribution in [0.15, 0.2) is 18.2 Å². The highest BCUT2D eigenvalue weighted by atomic mass is 32.2. The number of nitriles is 1. The highest BCUT2D eigenvalue weighted by molar-refractivity contribution is 8.00. The highest BCUT2D eigenvalue weighted by Gasteiger charge is 2.20. The lowest BCUT2D eigenvalue weighted by molar-refractivity contribution is -0.119. The lowest BCUT2D eigenvalue weighted by Gasteiger charge is -2.32. The number of nitrogens with one attached hydrogen (secondary N) is 1. The van der Waals surface area contributed by atoms with Crippen LogP contribution in [0.5, 0.6) is 0 Å². The maximum Gasteiger partial charge on any atom is 0.230 e. The smallest absolute Gasteiger partial charge is 0.230 e. The number of rotatable bonds is 6. The van der Waals surface area contributed by atoms with Crippen LogP contribution < -0.4 is 5.32 Å². The van der Waals surface area contributed by atoms with Crippen molar-refractivity contribution >= 4 is 17.7 Å². The Bertz CT molecular complexity index is 583. The zero-order chi connectivity index (χ0) is 16.7. The maximum absolute atomic E-state index is 13.2. The quantitative estimate of drug-likeness (QED) is 0.808. The Morgan fingerprint density at radius 3 is 2.74 bits per heavy atom.